The van der Waals surface area contributed by atoms with E-state index in [0.717, 1.165) is 25.8 Å². The number of aliphatic hydroxyl groups is 1. The van der Waals surface area contributed by atoms with Gasteiger partial charge in [-0.1, -0.05) is 12.8 Å². The Bertz CT molecular complexity index is 169. The first kappa shape index (κ1) is 12.0. The highest BCUT2D eigenvalue weighted by Gasteiger charge is 2.38. The zero-order valence-corrected chi connectivity index (χ0v) is 9.42. The van der Waals surface area contributed by atoms with Crippen LogP contribution >= 0.6 is 0 Å². The van der Waals surface area contributed by atoms with Crippen LogP contribution in [0.25, 0.3) is 0 Å². The van der Waals surface area contributed by atoms with Crippen LogP contribution in [-0.2, 0) is 0 Å². The maximum Gasteiger partial charge on any atom is 0.0518 e. The average Bonchev–Trinajstić information content (AvgIpc) is 2.09. The van der Waals surface area contributed by atoms with E-state index in [2.05, 4.69) is 5.32 Å². The van der Waals surface area contributed by atoms with E-state index >= 15 is 0 Å². The summed E-state index contributed by atoms with van der Waals surface area (Å²) in [4.78, 5) is 0. The molecule has 3 atom stereocenters. The number of hydrogen-bond donors (Lipinski definition) is 3. The van der Waals surface area contributed by atoms with Crippen LogP contribution < -0.4 is 11.1 Å². The molecule has 1 aliphatic carbocycles. The Kier molecular flexibility index (Phi) is 4.35. The quantitative estimate of drug-likeness (QED) is 0.631. The number of rotatable bonds is 4. The first-order chi connectivity index (χ1) is 6.60. The maximum atomic E-state index is 9.53. The smallest absolute Gasteiger partial charge is 0.0518 e. The number of aliphatic hydroxyl groups excluding tert-OH is 1. The molecule has 1 aliphatic rings. The molecule has 0 aromatic heterocycles. The van der Waals surface area contributed by atoms with Crippen molar-refractivity contribution in [2.45, 2.75) is 51.2 Å². The summed E-state index contributed by atoms with van der Waals surface area (Å²) < 4.78 is 0. The van der Waals surface area contributed by atoms with Gasteiger partial charge in [0, 0.05) is 18.0 Å². The van der Waals surface area contributed by atoms with Crippen LogP contribution in [0.4, 0.5) is 0 Å². The maximum absolute atomic E-state index is 9.53. The minimum atomic E-state index is -0.243. The molecule has 0 aromatic rings. The fourth-order valence-electron chi connectivity index (χ4n) is 2.82. The van der Waals surface area contributed by atoms with Crippen LogP contribution in [0.15, 0.2) is 0 Å². The van der Waals surface area contributed by atoms with Crippen molar-refractivity contribution in [2.75, 3.05) is 13.6 Å². The van der Waals surface area contributed by atoms with Crippen LogP contribution in [0.2, 0.25) is 0 Å². The van der Waals surface area contributed by atoms with E-state index in [9.17, 15) is 5.11 Å². The first-order valence-electron chi connectivity index (χ1n) is 5.69. The Morgan fingerprint density at radius 2 is 2.29 bits per heavy atom. The van der Waals surface area contributed by atoms with Gasteiger partial charge in [-0.3, -0.25) is 0 Å². The summed E-state index contributed by atoms with van der Waals surface area (Å²) >= 11 is 0. The van der Waals surface area contributed by atoms with Gasteiger partial charge < -0.3 is 16.2 Å². The molecule has 1 unspecified atom stereocenters. The molecule has 0 heterocycles. The monoisotopic (exact) mass is 200 g/mol. The molecule has 0 bridgehead atoms. The largest absolute Gasteiger partial charge is 0.393 e. The van der Waals surface area contributed by atoms with Gasteiger partial charge in [0.15, 0.2) is 0 Å². The predicted molar refractivity (Wildman–Crippen MR) is 59.1 cm³/mol. The Labute approximate surface area is 87.1 Å². The molecule has 0 radical (unpaired) electrons. The zero-order chi connectivity index (χ0) is 10.6. The molecule has 84 valence electrons. The van der Waals surface area contributed by atoms with E-state index in [4.69, 9.17) is 5.73 Å². The van der Waals surface area contributed by atoms with E-state index in [-0.39, 0.29) is 17.6 Å². The molecule has 3 heteroatoms. The molecule has 3 nitrogen and oxygen atoms in total. The third-order valence-corrected chi connectivity index (χ3v) is 3.46. The molecular weight excluding hydrogens is 176 g/mol. The van der Waals surface area contributed by atoms with Crippen molar-refractivity contribution in [3.8, 4) is 0 Å². The zero-order valence-electron chi connectivity index (χ0n) is 9.42. The first-order valence-corrected chi connectivity index (χ1v) is 5.69. The van der Waals surface area contributed by atoms with E-state index < -0.39 is 0 Å². The molecule has 0 aromatic carbocycles. The molecule has 0 aliphatic heterocycles. The van der Waals surface area contributed by atoms with Crippen molar-refractivity contribution in [3.05, 3.63) is 0 Å². The van der Waals surface area contributed by atoms with Gasteiger partial charge in [-0.2, -0.15) is 0 Å². The average molecular weight is 200 g/mol. The third-order valence-electron chi connectivity index (χ3n) is 3.46. The van der Waals surface area contributed by atoms with Gasteiger partial charge in [-0.05, 0) is 33.2 Å². The summed E-state index contributed by atoms with van der Waals surface area (Å²) in [5.74, 6) is 0. The Balaban J connectivity index is 2.66. The van der Waals surface area contributed by atoms with Gasteiger partial charge in [0.1, 0.15) is 0 Å². The molecule has 0 amide bonds. The van der Waals surface area contributed by atoms with Gasteiger partial charge in [0.25, 0.3) is 0 Å². The topological polar surface area (TPSA) is 58.3 Å². The lowest BCUT2D eigenvalue weighted by Gasteiger charge is -2.43. The second kappa shape index (κ2) is 5.10. The summed E-state index contributed by atoms with van der Waals surface area (Å²) in [6.07, 6.45) is 5.34. The highest BCUT2D eigenvalue weighted by Crippen LogP contribution is 2.38. The minimum Gasteiger partial charge on any atom is -0.393 e. The molecule has 1 fully saturated rings. The fraction of sp³-hybridized carbons (Fsp3) is 1.00. The summed E-state index contributed by atoms with van der Waals surface area (Å²) in [5, 5.41) is 12.8. The lowest BCUT2D eigenvalue weighted by molar-refractivity contribution is 0.0639. The van der Waals surface area contributed by atoms with Crippen molar-refractivity contribution in [3.63, 3.8) is 0 Å². The van der Waals surface area contributed by atoms with Crippen molar-refractivity contribution in [2.24, 2.45) is 11.1 Å². The minimum absolute atomic E-state index is 0.126. The standard InChI is InChI=1S/C11H24N2O/c1-9(14)7-11(8-13-2)6-4-3-5-10(11)12/h9-10,13-14H,3-8,12H2,1-2H3/t9-,10?,11-/m0/s1. The van der Waals surface area contributed by atoms with Crippen LogP contribution in [0, 0.1) is 5.41 Å². The third kappa shape index (κ3) is 2.69. The highest BCUT2D eigenvalue weighted by molar-refractivity contribution is 4.94. The lowest BCUT2D eigenvalue weighted by atomic mass is 9.67. The van der Waals surface area contributed by atoms with Crippen LogP contribution in [0.5, 0.6) is 0 Å². The number of nitrogens with one attached hydrogen (secondary N) is 1. The van der Waals surface area contributed by atoms with Crippen LogP contribution in [-0.4, -0.2) is 30.8 Å². The van der Waals surface area contributed by atoms with Gasteiger partial charge in [0.2, 0.25) is 0 Å². The molecule has 1 saturated carbocycles. The Morgan fingerprint density at radius 1 is 1.57 bits per heavy atom. The molecule has 4 N–H and O–H groups in total. The van der Waals surface area contributed by atoms with Gasteiger partial charge in [0.05, 0.1) is 6.10 Å². The number of nitrogens with two attached hydrogens (primary N) is 1. The Morgan fingerprint density at radius 3 is 2.79 bits per heavy atom. The summed E-state index contributed by atoms with van der Waals surface area (Å²) in [5.41, 5.74) is 6.32. The normalized spacial score (nSPS) is 35.6. The van der Waals surface area contributed by atoms with E-state index in [1.165, 1.54) is 12.8 Å². The van der Waals surface area contributed by atoms with Gasteiger partial charge in [-0.15, -0.1) is 0 Å². The van der Waals surface area contributed by atoms with E-state index in [1.54, 1.807) is 0 Å². The second-order valence-electron chi connectivity index (χ2n) is 4.80. The van der Waals surface area contributed by atoms with Crippen LogP contribution in [0.3, 0.4) is 0 Å². The van der Waals surface area contributed by atoms with Crippen LogP contribution in [0.1, 0.15) is 39.0 Å². The molecular formula is C11H24N2O. The predicted octanol–water partition coefficient (Wildman–Crippen LogP) is 0.864. The molecule has 0 spiro atoms. The van der Waals surface area contributed by atoms with E-state index in [1.807, 2.05) is 14.0 Å². The van der Waals surface area contributed by atoms with Gasteiger partial charge in [-0.25, -0.2) is 0 Å². The van der Waals surface area contributed by atoms with Crippen molar-refractivity contribution in [1.29, 1.82) is 0 Å². The van der Waals surface area contributed by atoms with Crippen molar-refractivity contribution >= 4 is 0 Å². The summed E-state index contributed by atoms with van der Waals surface area (Å²) in [6.45, 7) is 2.79. The second-order valence-corrected chi connectivity index (χ2v) is 4.80. The summed E-state index contributed by atoms with van der Waals surface area (Å²) in [7, 11) is 1.96. The molecule has 1 rings (SSSR count). The van der Waals surface area contributed by atoms with E-state index in [0.29, 0.717) is 0 Å². The van der Waals surface area contributed by atoms with Crippen molar-refractivity contribution in [1.82, 2.24) is 5.32 Å². The SMILES string of the molecule is CNC[C@@]1(C[C@H](C)O)CCCCC1N. The summed E-state index contributed by atoms with van der Waals surface area (Å²) in [6, 6.07) is 0.248. The molecule has 14 heavy (non-hydrogen) atoms. The fourth-order valence-corrected chi connectivity index (χ4v) is 2.82. The van der Waals surface area contributed by atoms with Crippen molar-refractivity contribution < 1.29 is 5.11 Å². The Hall–Kier alpha value is -0.120. The lowest BCUT2D eigenvalue weighted by Crippen LogP contribution is -2.51. The molecule has 0 saturated heterocycles. The van der Waals surface area contributed by atoms with Gasteiger partial charge >= 0.3 is 0 Å². The highest BCUT2D eigenvalue weighted by atomic mass is 16.3. The number of hydrogen-bond acceptors (Lipinski definition) is 3.